The van der Waals surface area contributed by atoms with Gasteiger partial charge in [-0.15, -0.1) is 0 Å². The second kappa shape index (κ2) is 8.93. The Kier molecular flexibility index (Phi) is 6.49. The lowest BCUT2D eigenvalue weighted by atomic mass is 10.1. The lowest BCUT2D eigenvalue weighted by molar-refractivity contribution is 0.0389. The normalized spacial score (nSPS) is 11.2. The van der Waals surface area contributed by atoms with Crippen molar-refractivity contribution in [1.29, 1.82) is 0 Å². The number of benzene rings is 2. The standard InChI is InChI=1S/C21H18F5NO4/c1-10-15(21(28)30-7-6-29-3)12-8-11(4-5-14(12)27(10)2)31-9-13-16(22)18(24)20(26)19(25)17(13)23/h4-5,8H,6-7,9H2,1-3H3. The maximum atomic E-state index is 13.9. The molecule has 0 aliphatic rings. The minimum Gasteiger partial charge on any atom is -0.489 e. The van der Waals surface area contributed by atoms with Crippen LogP contribution in [0.2, 0.25) is 0 Å². The van der Waals surface area contributed by atoms with E-state index in [4.69, 9.17) is 14.2 Å². The van der Waals surface area contributed by atoms with E-state index in [1.807, 2.05) is 0 Å². The van der Waals surface area contributed by atoms with Gasteiger partial charge in [0.25, 0.3) is 0 Å². The molecule has 31 heavy (non-hydrogen) atoms. The van der Waals surface area contributed by atoms with E-state index in [0.29, 0.717) is 16.6 Å². The largest absolute Gasteiger partial charge is 0.489 e. The van der Waals surface area contributed by atoms with Crippen molar-refractivity contribution in [3.63, 3.8) is 0 Å². The Morgan fingerprint density at radius 3 is 2.19 bits per heavy atom. The minimum absolute atomic E-state index is 0.0433. The molecule has 10 heteroatoms. The Hall–Kier alpha value is -3.14. The van der Waals surface area contributed by atoms with Crippen LogP contribution < -0.4 is 4.74 Å². The number of fused-ring (bicyclic) bond motifs is 1. The average Bonchev–Trinajstić information content (AvgIpc) is 3.00. The van der Waals surface area contributed by atoms with Crippen molar-refractivity contribution in [2.75, 3.05) is 20.3 Å². The highest BCUT2D eigenvalue weighted by Crippen LogP contribution is 2.30. The summed E-state index contributed by atoms with van der Waals surface area (Å²) in [5.74, 6) is -10.8. The smallest absolute Gasteiger partial charge is 0.340 e. The van der Waals surface area contributed by atoms with Crippen LogP contribution in [0.1, 0.15) is 21.6 Å². The number of carbonyl (C=O) groups is 1. The molecular weight excluding hydrogens is 425 g/mol. The summed E-state index contributed by atoms with van der Waals surface area (Å²) in [5, 5.41) is 0.442. The number of esters is 1. The molecule has 0 spiro atoms. The molecule has 1 heterocycles. The molecule has 0 radical (unpaired) electrons. The summed E-state index contributed by atoms with van der Waals surface area (Å²) in [6.45, 7) is 1.06. The summed E-state index contributed by atoms with van der Waals surface area (Å²) < 4.78 is 84.7. The number of halogens is 5. The topological polar surface area (TPSA) is 49.7 Å². The summed E-state index contributed by atoms with van der Waals surface area (Å²) in [7, 11) is 3.20. The number of aromatic nitrogens is 1. The Morgan fingerprint density at radius 1 is 0.968 bits per heavy atom. The molecule has 0 aliphatic heterocycles. The SMILES string of the molecule is COCCOC(=O)c1c(C)n(C)c2ccc(OCc3c(F)c(F)c(F)c(F)c3F)cc12. The van der Waals surface area contributed by atoms with Crippen molar-refractivity contribution < 1.29 is 41.0 Å². The molecular formula is C21H18F5NO4. The summed E-state index contributed by atoms with van der Waals surface area (Å²) in [6, 6.07) is 4.48. The Labute approximate surface area is 173 Å². The van der Waals surface area contributed by atoms with Gasteiger partial charge in [-0.2, -0.15) is 0 Å². The lowest BCUT2D eigenvalue weighted by Gasteiger charge is -2.10. The molecule has 0 bridgehead atoms. The third-order valence-corrected chi connectivity index (χ3v) is 4.87. The van der Waals surface area contributed by atoms with E-state index in [-0.39, 0.29) is 24.5 Å². The van der Waals surface area contributed by atoms with Gasteiger partial charge in [0, 0.05) is 30.8 Å². The van der Waals surface area contributed by atoms with E-state index < -0.39 is 47.2 Å². The number of nitrogens with zero attached hydrogens (tertiary/aromatic N) is 1. The molecule has 5 nitrogen and oxygen atoms in total. The monoisotopic (exact) mass is 443 g/mol. The van der Waals surface area contributed by atoms with Crippen LogP contribution in [-0.2, 0) is 23.1 Å². The maximum Gasteiger partial charge on any atom is 0.340 e. The van der Waals surface area contributed by atoms with Crippen LogP contribution in [0.15, 0.2) is 18.2 Å². The predicted molar refractivity (Wildman–Crippen MR) is 100 cm³/mol. The van der Waals surface area contributed by atoms with Gasteiger partial charge in [-0.1, -0.05) is 0 Å². The molecule has 1 aromatic heterocycles. The number of methoxy groups -OCH3 is 1. The van der Waals surface area contributed by atoms with Crippen LogP contribution in [0.25, 0.3) is 10.9 Å². The molecule has 0 fully saturated rings. The number of rotatable bonds is 7. The number of hydrogen-bond acceptors (Lipinski definition) is 4. The van der Waals surface area contributed by atoms with Crippen molar-refractivity contribution in [1.82, 2.24) is 4.57 Å². The first-order chi connectivity index (χ1) is 14.7. The van der Waals surface area contributed by atoms with Crippen LogP contribution >= 0.6 is 0 Å². The predicted octanol–water partition coefficient (Wildman–Crippen LogP) is 4.56. The van der Waals surface area contributed by atoms with E-state index in [0.717, 1.165) is 0 Å². The van der Waals surface area contributed by atoms with Gasteiger partial charge in [0.05, 0.1) is 17.7 Å². The van der Waals surface area contributed by atoms with Crippen LogP contribution in [0.3, 0.4) is 0 Å². The van der Waals surface area contributed by atoms with Gasteiger partial charge in [0.1, 0.15) is 19.0 Å². The second-order valence-corrected chi connectivity index (χ2v) is 6.66. The molecule has 0 atom stereocenters. The van der Waals surface area contributed by atoms with Crippen molar-refractivity contribution in [2.24, 2.45) is 7.05 Å². The average molecular weight is 443 g/mol. The quantitative estimate of drug-likeness (QED) is 0.177. The fraction of sp³-hybridized carbons (Fsp3) is 0.286. The van der Waals surface area contributed by atoms with Gasteiger partial charge in [-0.3, -0.25) is 0 Å². The van der Waals surface area contributed by atoms with Crippen LogP contribution in [0.4, 0.5) is 22.0 Å². The van der Waals surface area contributed by atoms with E-state index >= 15 is 0 Å². The number of ether oxygens (including phenoxy) is 3. The molecule has 166 valence electrons. The Balaban J connectivity index is 1.93. The van der Waals surface area contributed by atoms with Crippen LogP contribution in [0.5, 0.6) is 5.75 Å². The van der Waals surface area contributed by atoms with Gasteiger partial charge < -0.3 is 18.8 Å². The van der Waals surface area contributed by atoms with Crippen LogP contribution in [0, 0.1) is 36.0 Å². The van der Waals surface area contributed by atoms with Gasteiger partial charge in [-0.05, 0) is 25.1 Å². The molecule has 0 unspecified atom stereocenters. The highest BCUT2D eigenvalue weighted by Gasteiger charge is 2.26. The molecule has 0 amide bonds. The molecule has 0 N–H and O–H groups in total. The first-order valence-electron chi connectivity index (χ1n) is 9.07. The van der Waals surface area contributed by atoms with E-state index in [1.165, 1.54) is 19.2 Å². The zero-order valence-electron chi connectivity index (χ0n) is 16.8. The highest BCUT2D eigenvalue weighted by atomic mass is 19.2. The minimum atomic E-state index is -2.24. The first kappa shape index (κ1) is 22.5. The molecule has 0 saturated carbocycles. The van der Waals surface area contributed by atoms with E-state index in [9.17, 15) is 26.7 Å². The molecule has 0 saturated heterocycles. The van der Waals surface area contributed by atoms with Gasteiger partial charge in [-0.25, -0.2) is 26.7 Å². The van der Waals surface area contributed by atoms with Crippen LogP contribution in [-0.4, -0.2) is 30.9 Å². The molecule has 0 aliphatic carbocycles. The third kappa shape index (κ3) is 4.07. The molecule has 3 aromatic rings. The van der Waals surface area contributed by atoms with Crippen molar-refractivity contribution in [2.45, 2.75) is 13.5 Å². The van der Waals surface area contributed by atoms with Crippen molar-refractivity contribution in [3.05, 3.63) is 64.1 Å². The summed E-state index contributed by atoms with van der Waals surface area (Å²) in [4.78, 5) is 12.5. The molecule has 3 rings (SSSR count). The number of carbonyl (C=O) groups excluding carboxylic acids is 1. The maximum absolute atomic E-state index is 13.9. The van der Waals surface area contributed by atoms with Gasteiger partial charge in [0.2, 0.25) is 5.82 Å². The van der Waals surface area contributed by atoms with Gasteiger partial charge in [0.15, 0.2) is 23.3 Å². The Morgan fingerprint density at radius 2 is 1.58 bits per heavy atom. The highest BCUT2D eigenvalue weighted by molar-refractivity contribution is 6.06. The fourth-order valence-corrected chi connectivity index (χ4v) is 3.12. The number of hydrogen-bond donors (Lipinski definition) is 0. The summed E-state index contributed by atoms with van der Waals surface area (Å²) >= 11 is 0. The van der Waals surface area contributed by atoms with Crippen molar-refractivity contribution >= 4 is 16.9 Å². The zero-order chi connectivity index (χ0) is 22.9. The number of aryl methyl sites for hydroxylation is 1. The first-order valence-corrected chi connectivity index (χ1v) is 9.07. The Bertz CT molecular complexity index is 1130. The summed E-state index contributed by atoms with van der Waals surface area (Å²) in [6.07, 6.45) is 0. The van der Waals surface area contributed by atoms with Gasteiger partial charge >= 0.3 is 5.97 Å². The molecule has 2 aromatic carbocycles. The van der Waals surface area contributed by atoms with E-state index in [1.54, 1.807) is 24.6 Å². The zero-order valence-corrected chi connectivity index (χ0v) is 16.8. The second-order valence-electron chi connectivity index (χ2n) is 6.66. The third-order valence-electron chi connectivity index (χ3n) is 4.87. The van der Waals surface area contributed by atoms with Crippen molar-refractivity contribution in [3.8, 4) is 5.75 Å². The fourth-order valence-electron chi connectivity index (χ4n) is 3.12. The lowest BCUT2D eigenvalue weighted by Crippen LogP contribution is -2.11. The van der Waals surface area contributed by atoms with E-state index in [2.05, 4.69) is 0 Å². The summed E-state index contributed by atoms with van der Waals surface area (Å²) in [5.41, 5.74) is 0.421.